The molecule has 6 heteroatoms. The number of halogens is 1. The molecule has 3 rings (SSSR count). The zero-order valence-electron chi connectivity index (χ0n) is 13.4. The van der Waals surface area contributed by atoms with Crippen molar-refractivity contribution in [1.82, 2.24) is 20.4 Å². The number of aromatic nitrogens is 2. The van der Waals surface area contributed by atoms with E-state index in [0.29, 0.717) is 23.8 Å². The largest absolute Gasteiger partial charge is 0.350 e. The molecule has 1 amide bonds. The minimum atomic E-state index is -0.294. The van der Waals surface area contributed by atoms with Crippen LogP contribution in [-0.2, 0) is 0 Å². The quantitative estimate of drug-likeness (QED) is 0.908. The lowest BCUT2D eigenvalue weighted by Gasteiger charge is -2.11. The van der Waals surface area contributed by atoms with Crippen molar-refractivity contribution in [2.24, 2.45) is 0 Å². The number of benzene rings is 1. The highest BCUT2D eigenvalue weighted by Gasteiger charge is 2.21. The number of aryl methyl sites for hydroxylation is 1. The Kier molecular flexibility index (Phi) is 4.43. The Morgan fingerprint density at radius 3 is 2.78 bits per heavy atom. The number of rotatable bonds is 4. The molecular formula is C17H21FN4O. The molecule has 1 atom stereocenters. The Hall–Kier alpha value is -2.21. The van der Waals surface area contributed by atoms with Crippen LogP contribution < -0.4 is 10.6 Å². The molecule has 2 N–H and O–H groups in total. The number of amides is 1. The van der Waals surface area contributed by atoms with Crippen molar-refractivity contribution in [3.8, 4) is 5.69 Å². The second-order valence-corrected chi connectivity index (χ2v) is 5.94. The van der Waals surface area contributed by atoms with Crippen LogP contribution in [0.2, 0.25) is 0 Å². The summed E-state index contributed by atoms with van der Waals surface area (Å²) in [6.07, 6.45) is 2.24. The van der Waals surface area contributed by atoms with Gasteiger partial charge < -0.3 is 10.6 Å². The number of nitrogens with zero attached hydrogens (tertiary/aromatic N) is 2. The Morgan fingerprint density at radius 2 is 2.13 bits per heavy atom. The highest BCUT2D eigenvalue weighted by molar-refractivity contribution is 5.96. The molecule has 1 aliphatic heterocycles. The summed E-state index contributed by atoms with van der Waals surface area (Å²) in [5, 5.41) is 10.8. The minimum Gasteiger partial charge on any atom is -0.350 e. The fraction of sp³-hybridized carbons (Fsp3) is 0.412. The molecule has 1 saturated heterocycles. The summed E-state index contributed by atoms with van der Waals surface area (Å²) in [5.74, 6) is -0.403. The second kappa shape index (κ2) is 6.50. The molecule has 23 heavy (non-hydrogen) atoms. The van der Waals surface area contributed by atoms with Crippen LogP contribution in [0.1, 0.15) is 34.6 Å². The summed E-state index contributed by atoms with van der Waals surface area (Å²) in [4.78, 5) is 12.5. The average Bonchev–Trinajstić information content (AvgIpc) is 3.14. The third-order valence-corrected chi connectivity index (χ3v) is 4.26. The first kappa shape index (κ1) is 15.7. The summed E-state index contributed by atoms with van der Waals surface area (Å²) in [6.45, 7) is 5.31. The standard InChI is InChI=1S/C17H21FN4O/c1-11-16(17(23)20-10-14-4-3-9-19-14)12(2)22(21-11)15-7-5-13(18)6-8-15/h5-8,14,19H,3-4,9-10H2,1-2H3,(H,20,23). The minimum absolute atomic E-state index is 0.109. The van der Waals surface area contributed by atoms with Gasteiger partial charge in [0.05, 0.1) is 22.6 Å². The maximum absolute atomic E-state index is 13.1. The van der Waals surface area contributed by atoms with E-state index in [1.54, 1.807) is 16.8 Å². The SMILES string of the molecule is Cc1nn(-c2ccc(F)cc2)c(C)c1C(=O)NCC1CCCN1. The van der Waals surface area contributed by atoms with E-state index < -0.39 is 0 Å². The lowest BCUT2D eigenvalue weighted by atomic mass is 10.1. The van der Waals surface area contributed by atoms with E-state index in [9.17, 15) is 9.18 Å². The summed E-state index contributed by atoms with van der Waals surface area (Å²) in [5.41, 5.74) is 2.76. The van der Waals surface area contributed by atoms with Gasteiger partial charge in [-0.05, 0) is 57.5 Å². The lowest BCUT2D eigenvalue weighted by molar-refractivity contribution is 0.0949. The summed E-state index contributed by atoms with van der Waals surface area (Å²) in [7, 11) is 0. The fourth-order valence-corrected chi connectivity index (χ4v) is 3.04. The third-order valence-electron chi connectivity index (χ3n) is 4.26. The van der Waals surface area contributed by atoms with Crippen molar-refractivity contribution in [2.75, 3.05) is 13.1 Å². The van der Waals surface area contributed by atoms with E-state index in [4.69, 9.17) is 0 Å². The van der Waals surface area contributed by atoms with Crippen molar-refractivity contribution in [2.45, 2.75) is 32.7 Å². The Morgan fingerprint density at radius 1 is 1.39 bits per heavy atom. The van der Waals surface area contributed by atoms with E-state index in [2.05, 4.69) is 15.7 Å². The van der Waals surface area contributed by atoms with Crippen LogP contribution in [0.4, 0.5) is 4.39 Å². The van der Waals surface area contributed by atoms with Crippen LogP contribution in [0.15, 0.2) is 24.3 Å². The van der Waals surface area contributed by atoms with Gasteiger partial charge in [0.1, 0.15) is 5.82 Å². The van der Waals surface area contributed by atoms with Gasteiger partial charge >= 0.3 is 0 Å². The number of carbonyl (C=O) groups excluding carboxylic acids is 1. The van der Waals surface area contributed by atoms with E-state index >= 15 is 0 Å². The van der Waals surface area contributed by atoms with Gasteiger partial charge in [0.2, 0.25) is 0 Å². The Labute approximate surface area is 134 Å². The van der Waals surface area contributed by atoms with Gasteiger partial charge in [-0.15, -0.1) is 0 Å². The fourth-order valence-electron chi connectivity index (χ4n) is 3.04. The molecule has 1 aromatic heterocycles. The van der Waals surface area contributed by atoms with Crippen LogP contribution in [0.5, 0.6) is 0 Å². The monoisotopic (exact) mass is 316 g/mol. The Balaban J connectivity index is 1.79. The zero-order valence-corrected chi connectivity index (χ0v) is 13.4. The van der Waals surface area contributed by atoms with Crippen molar-refractivity contribution >= 4 is 5.91 Å². The molecule has 2 heterocycles. The second-order valence-electron chi connectivity index (χ2n) is 5.94. The summed E-state index contributed by atoms with van der Waals surface area (Å²) in [6, 6.07) is 6.43. The van der Waals surface area contributed by atoms with Crippen LogP contribution in [0.3, 0.4) is 0 Å². The molecule has 1 fully saturated rings. The molecule has 0 saturated carbocycles. The summed E-state index contributed by atoms with van der Waals surface area (Å²) >= 11 is 0. The maximum Gasteiger partial charge on any atom is 0.255 e. The molecule has 5 nitrogen and oxygen atoms in total. The molecule has 1 unspecified atom stereocenters. The lowest BCUT2D eigenvalue weighted by Crippen LogP contribution is -2.37. The molecule has 1 aliphatic rings. The molecule has 1 aromatic carbocycles. The van der Waals surface area contributed by atoms with Crippen LogP contribution >= 0.6 is 0 Å². The van der Waals surface area contributed by atoms with Gasteiger partial charge in [0.15, 0.2) is 0 Å². The smallest absolute Gasteiger partial charge is 0.255 e. The van der Waals surface area contributed by atoms with Crippen LogP contribution in [0.25, 0.3) is 5.69 Å². The molecular weight excluding hydrogens is 295 g/mol. The molecule has 0 aliphatic carbocycles. The van der Waals surface area contributed by atoms with E-state index in [0.717, 1.165) is 30.8 Å². The number of carbonyl (C=O) groups is 1. The normalized spacial score (nSPS) is 17.4. The van der Waals surface area contributed by atoms with Gasteiger partial charge in [-0.1, -0.05) is 0 Å². The van der Waals surface area contributed by atoms with Gasteiger partial charge in [-0.25, -0.2) is 9.07 Å². The van der Waals surface area contributed by atoms with Crippen LogP contribution in [-0.4, -0.2) is 34.8 Å². The number of hydrogen-bond donors (Lipinski definition) is 2. The first-order chi connectivity index (χ1) is 11.1. The topological polar surface area (TPSA) is 59.0 Å². The van der Waals surface area contributed by atoms with Gasteiger partial charge in [0, 0.05) is 12.6 Å². The van der Waals surface area contributed by atoms with E-state index in [-0.39, 0.29) is 11.7 Å². The predicted molar refractivity (Wildman–Crippen MR) is 86.4 cm³/mol. The van der Waals surface area contributed by atoms with Crippen molar-refractivity contribution in [1.29, 1.82) is 0 Å². The Bertz CT molecular complexity index is 702. The number of hydrogen-bond acceptors (Lipinski definition) is 3. The van der Waals surface area contributed by atoms with Crippen molar-refractivity contribution < 1.29 is 9.18 Å². The number of nitrogens with one attached hydrogen (secondary N) is 2. The van der Waals surface area contributed by atoms with Gasteiger partial charge in [-0.2, -0.15) is 5.10 Å². The van der Waals surface area contributed by atoms with Gasteiger partial charge in [-0.3, -0.25) is 4.79 Å². The predicted octanol–water partition coefficient (Wildman–Crippen LogP) is 2.11. The highest BCUT2D eigenvalue weighted by Crippen LogP contribution is 2.18. The molecule has 2 aromatic rings. The highest BCUT2D eigenvalue weighted by atomic mass is 19.1. The third kappa shape index (κ3) is 3.27. The molecule has 0 bridgehead atoms. The first-order valence-corrected chi connectivity index (χ1v) is 7.90. The van der Waals surface area contributed by atoms with E-state index in [1.165, 1.54) is 12.1 Å². The molecule has 0 radical (unpaired) electrons. The van der Waals surface area contributed by atoms with E-state index in [1.807, 2.05) is 13.8 Å². The molecule has 122 valence electrons. The zero-order chi connectivity index (χ0) is 16.4. The van der Waals surface area contributed by atoms with Crippen LogP contribution in [0, 0.1) is 19.7 Å². The summed E-state index contributed by atoms with van der Waals surface area (Å²) < 4.78 is 14.7. The first-order valence-electron chi connectivity index (χ1n) is 7.90. The van der Waals surface area contributed by atoms with Crippen molar-refractivity contribution in [3.05, 3.63) is 47.0 Å². The van der Waals surface area contributed by atoms with Crippen molar-refractivity contribution in [3.63, 3.8) is 0 Å². The molecule has 0 spiro atoms. The average molecular weight is 316 g/mol. The van der Waals surface area contributed by atoms with Gasteiger partial charge in [0.25, 0.3) is 5.91 Å². The maximum atomic E-state index is 13.1.